The quantitative estimate of drug-likeness (QED) is 0.842. The second-order valence-corrected chi connectivity index (χ2v) is 5.89. The van der Waals surface area contributed by atoms with E-state index in [4.69, 9.17) is 11.6 Å². The van der Waals surface area contributed by atoms with Gasteiger partial charge >= 0.3 is 0 Å². The number of hydrogen-bond acceptors (Lipinski definition) is 1. The molecule has 1 aromatic carbocycles. The first-order valence-electron chi connectivity index (χ1n) is 5.96. The maximum atomic E-state index is 13.4. The van der Waals surface area contributed by atoms with Crippen LogP contribution in [-0.2, 0) is 0 Å². The van der Waals surface area contributed by atoms with Crippen molar-refractivity contribution in [1.29, 1.82) is 0 Å². The van der Waals surface area contributed by atoms with Crippen molar-refractivity contribution in [3.8, 4) is 0 Å². The summed E-state index contributed by atoms with van der Waals surface area (Å²) in [7, 11) is 0. The van der Waals surface area contributed by atoms with Crippen molar-refractivity contribution in [3.63, 3.8) is 0 Å². The predicted octanol–water partition coefficient (Wildman–Crippen LogP) is 4.48. The Labute approximate surface area is 108 Å². The molecule has 1 atom stereocenters. The van der Waals surface area contributed by atoms with Gasteiger partial charge < -0.3 is 5.32 Å². The van der Waals surface area contributed by atoms with E-state index in [0.29, 0.717) is 10.6 Å². The summed E-state index contributed by atoms with van der Waals surface area (Å²) in [6, 6.07) is 3.37. The second-order valence-electron chi connectivity index (χ2n) is 5.48. The molecule has 17 heavy (non-hydrogen) atoms. The highest BCUT2D eigenvalue weighted by atomic mass is 35.5. The Balaban J connectivity index is 3.23. The summed E-state index contributed by atoms with van der Waals surface area (Å²) in [4.78, 5) is 0. The Hall–Kier alpha value is -0.600. The minimum atomic E-state index is -0.247. The third kappa shape index (κ3) is 3.43. The highest BCUT2D eigenvalue weighted by Crippen LogP contribution is 2.37. The number of benzene rings is 1. The zero-order valence-corrected chi connectivity index (χ0v) is 12.0. The minimum absolute atomic E-state index is 0.0317. The molecule has 0 spiro atoms. The van der Waals surface area contributed by atoms with E-state index in [1.807, 2.05) is 6.07 Å². The molecule has 1 rings (SSSR count). The third-order valence-corrected chi connectivity index (χ3v) is 3.19. The van der Waals surface area contributed by atoms with Gasteiger partial charge in [-0.15, -0.1) is 0 Å². The van der Waals surface area contributed by atoms with Crippen LogP contribution < -0.4 is 5.32 Å². The molecule has 96 valence electrons. The summed E-state index contributed by atoms with van der Waals surface area (Å²) in [5.74, 6) is -0.247. The number of hydrogen-bond donors (Lipinski definition) is 1. The molecular weight excluding hydrogens is 237 g/mol. The van der Waals surface area contributed by atoms with Crippen molar-refractivity contribution in [1.82, 2.24) is 5.32 Å². The van der Waals surface area contributed by atoms with E-state index in [-0.39, 0.29) is 17.3 Å². The molecule has 0 aromatic heterocycles. The van der Waals surface area contributed by atoms with Gasteiger partial charge in [-0.2, -0.15) is 0 Å². The largest absolute Gasteiger partial charge is 0.310 e. The lowest BCUT2D eigenvalue weighted by molar-refractivity contribution is 0.276. The SMILES string of the molecule is CCNC(c1cc(C)c(F)cc1Cl)C(C)(C)C. The van der Waals surface area contributed by atoms with E-state index < -0.39 is 0 Å². The van der Waals surface area contributed by atoms with Crippen molar-refractivity contribution in [2.45, 2.75) is 40.7 Å². The lowest BCUT2D eigenvalue weighted by atomic mass is 9.82. The molecule has 1 aromatic rings. The summed E-state index contributed by atoms with van der Waals surface area (Å²) in [6.45, 7) is 11.1. The predicted molar refractivity (Wildman–Crippen MR) is 72.0 cm³/mol. The molecule has 0 saturated carbocycles. The van der Waals surface area contributed by atoms with Gasteiger partial charge in [0.05, 0.1) is 0 Å². The molecular formula is C14H21ClFN. The van der Waals surface area contributed by atoms with Crippen LogP contribution in [0.4, 0.5) is 4.39 Å². The molecule has 0 fully saturated rings. The summed E-state index contributed by atoms with van der Waals surface area (Å²) < 4.78 is 13.4. The topological polar surface area (TPSA) is 12.0 Å². The standard InChI is InChI=1S/C14H21ClFN/c1-6-17-13(14(3,4)5)10-7-9(2)12(16)8-11(10)15/h7-8,13,17H,6H2,1-5H3. The van der Waals surface area contributed by atoms with E-state index in [0.717, 1.165) is 12.1 Å². The normalized spacial score (nSPS) is 13.8. The van der Waals surface area contributed by atoms with Gasteiger partial charge in [-0.3, -0.25) is 0 Å². The molecule has 0 bridgehead atoms. The summed E-state index contributed by atoms with van der Waals surface area (Å²) >= 11 is 6.16. The molecule has 0 radical (unpaired) electrons. The number of nitrogens with one attached hydrogen (secondary N) is 1. The van der Waals surface area contributed by atoms with Gasteiger partial charge in [-0.05, 0) is 36.1 Å². The Morgan fingerprint density at radius 3 is 2.41 bits per heavy atom. The van der Waals surface area contributed by atoms with Gasteiger partial charge in [0.15, 0.2) is 0 Å². The third-order valence-electron chi connectivity index (χ3n) is 2.86. The van der Waals surface area contributed by atoms with Gasteiger partial charge in [0, 0.05) is 11.1 Å². The van der Waals surface area contributed by atoms with Crippen molar-refractivity contribution >= 4 is 11.6 Å². The van der Waals surface area contributed by atoms with Crippen LogP contribution in [0.3, 0.4) is 0 Å². The van der Waals surface area contributed by atoms with Gasteiger partial charge in [-0.1, -0.05) is 45.4 Å². The first-order valence-corrected chi connectivity index (χ1v) is 6.34. The Kier molecular flexibility index (Phi) is 4.56. The zero-order valence-electron chi connectivity index (χ0n) is 11.2. The molecule has 1 unspecified atom stereocenters. The maximum Gasteiger partial charge on any atom is 0.127 e. The lowest BCUT2D eigenvalue weighted by Crippen LogP contribution is -2.32. The van der Waals surface area contributed by atoms with E-state index >= 15 is 0 Å². The number of aryl methyl sites for hydroxylation is 1. The minimum Gasteiger partial charge on any atom is -0.310 e. The van der Waals surface area contributed by atoms with Crippen LogP contribution in [0.1, 0.15) is 44.9 Å². The van der Waals surface area contributed by atoms with Crippen LogP contribution in [0.25, 0.3) is 0 Å². The number of halogens is 2. The molecule has 0 aliphatic rings. The van der Waals surface area contributed by atoms with Gasteiger partial charge in [0.25, 0.3) is 0 Å². The van der Waals surface area contributed by atoms with Gasteiger partial charge in [0.2, 0.25) is 0 Å². The molecule has 1 nitrogen and oxygen atoms in total. The van der Waals surface area contributed by atoms with Crippen molar-refractivity contribution in [2.24, 2.45) is 5.41 Å². The van der Waals surface area contributed by atoms with E-state index in [2.05, 4.69) is 33.0 Å². The fraction of sp³-hybridized carbons (Fsp3) is 0.571. The summed E-state index contributed by atoms with van der Waals surface area (Å²) in [6.07, 6.45) is 0. The molecule has 3 heteroatoms. The Bertz CT molecular complexity index is 396. The lowest BCUT2D eigenvalue weighted by Gasteiger charge is -2.32. The van der Waals surface area contributed by atoms with Crippen molar-refractivity contribution in [3.05, 3.63) is 34.1 Å². The van der Waals surface area contributed by atoms with Gasteiger partial charge in [-0.25, -0.2) is 4.39 Å². The first-order chi connectivity index (χ1) is 7.77. The van der Waals surface area contributed by atoms with E-state index in [1.54, 1.807) is 6.92 Å². The molecule has 0 saturated heterocycles. The Morgan fingerprint density at radius 1 is 1.35 bits per heavy atom. The van der Waals surface area contributed by atoms with E-state index in [9.17, 15) is 4.39 Å². The Morgan fingerprint density at radius 2 is 1.94 bits per heavy atom. The number of rotatable bonds is 3. The van der Waals surface area contributed by atoms with Crippen LogP contribution in [-0.4, -0.2) is 6.54 Å². The van der Waals surface area contributed by atoms with Crippen molar-refractivity contribution < 1.29 is 4.39 Å². The zero-order chi connectivity index (χ0) is 13.2. The fourth-order valence-corrected chi connectivity index (χ4v) is 2.25. The van der Waals surface area contributed by atoms with Crippen molar-refractivity contribution in [2.75, 3.05) is 6.54 Å². The first kappa shape index (κ1) is 14.5. The van der Waals surface area contributed by atoms with Gasteiger partial charge in [0.1, 0.15) is 5.82 Å². The molecule has 0 aliphatic carbocycles. The summed E-state index contributed by atoms with van der Waals surface area (Å²) in [5.41, 5.74) is 1.64. The molecule has 1 N–H and O–H groups in total. The van der Waals surface area contributed by atoms with Crippen LogP contribution in [0.5, 0.6) is 0 Å². The van der Waals surface area contributed by atoms with Crippen LogP contribution in [0.2, 0.25) is 5.02 Å². The van der Waals surface area contributed by atoms with Crippen LogP contribution in [0, 0.1) is 18.2 Å². The average molecular weight is 258 g/mol. The molecule has 0 heterocycles. The highest BCUT2D eigenvalue weighted by Gasteiger charge is 2.27. The van der Waals surface area contributed by atoms with Crippen LogP contribution >= 0.6 is 11.6 Å². The highest BCUT2D eigenvalue weighted by molar-refractivity contribution is 6.31. The summed E-state index contributed by atoms with van der Waals surface area (Å²) in [5, 5.41) is 3.91. The fourth-order valence-electron chi connectivity index (χ4n) is 1.99. The molecule has 0 aliphatic heterocycles. The van der Waals surface area contributed by atoms with E-state index in [1.165, 1.54) is 6.07 Å². The molecule has 0 amide bonds. The smallest absolute Gasteiger partial charge is 0.127 e. The average Bonchev–Trinajstić information content (AvgIpc) is 2.19. The van der Waals surface area contributed by atoms with Crippen LogP contribution in [0.15, 0.2) is 12.1 Å². The maximum absolute atomic E-state index is 13.4. The monoisotopic (exact) mass is 257 g/mol. The second kappa shape index (κ2) is 5.36.